The highest BCUT2D eigenvalue weighted by Gasteiger charge is 2.26. The molecule has 4 rings (SSSR count). The molecule has 0 unspecified atom stereocenters. The summed E-state index contributed by atoms with van der Waals surface area (Å²) in [5.41, 5.74) is 2.77. The van der Waals surface area contributed by atoms with Crippen LogP contribution in [-0.2, 0) is 6.42 Å². The maximum absolute atomic E-state index is 4.11. The molecule has 2 aromatic rings. The Balaban J connectivity index is 0.000000224. The molecule has 1 aliphatic heterocycles. The van der Waals surface area contributed by atoms with Gasteiger partial charge in [-0.3, -0.25) is 0 Å². The highest BCUT2D eigenvalue weighted by Crippen LogP contribution is 2.28. The zero-order valence-corrected chi connectivity index (χ0v) is 14.6. The van der Waals surface area contributed by atoms with E-state index in [9.17, 15) is 0 Å². The molecule has 0 amide bonds. The van der Waals surface area contributed by atoms with Crippen molar-refractivity contribution in [1.82, 2.24) is 20.2 Å². The minimum atomic E-state index is 0. The lowest BCUT2D eigenvalue weighted by atomic mass is 10.1. The fourth-order valence-corrected chi connectivity index (χ4v) is 2.62. The number of allylic oxidation sites excluding steroid dienone is 2. The molecule has 0 spiro atoms. The first-order valence-electron chi connectivity index (χ1n) is 5.02. The van der Waals surface area contributed by atoms with Crippen molar-refractivity contribution in [3.8, 4) is 0 Å². The van der Waals surface area contributed by atoms with E-state index in [2.05, 4.69) is 31.4 Å². The van der Waals surface area contributed by atoms with E-state index in [1.165, 1.54) is 11.9 Å². The molecule has 0 aromatic carbocycles. The topological polar surface area (TPSA) is 66.0 Å². The predicted octanol–water partition coefficient (Wildman–Crippen LogP) is 3.10. The van der Waals surface area contributed by atoms with Crippen molar-refractivity contribution in [3.05, 3.63) is 45.3 Å². The van der Waals surface area contributed by atoms with Crippen LogP contribution in [0, 0.1) is 0 Å². The summed E-state index contributed by atoms with van der Waals surface area (Å²) in [5.74, 6) is 0. The van der Waals surface area contributed by atoms with E-state index in [1.54, 1.807) is 11.3 Å². The van der Waals surface area contributed by atoms with Crippen LogP contribution in [0.1, 0.15) is 11.4 Å². The summed E-state index contributed by atoms with van der Waals surface area (Å²) in [6.07, 6.45) is 2.95. The van der Waals surface area contributed by atoms with E-state index < -0.39 is 0 Å². The average Bonchev–Trinajstić information content (AvgIpc) is 3.12. The highest BCUT2D eigenvalue weighted by atomic mass is 79.9. The summed E-state index contributed by atoms with van der Waals surface area (Å²) in [7, 11) is 0. The van der Waals surface area contributed by atoms with E-state index in [0.29, 0.717) is 0 Å². The highest BCUT2D eigenvalue weighted by molar-refractivity contribution is 8.93. The molecule has 19 heavy (non-hydrogen) atoms. The Bertz CT molecular complexity index is 547. The molecule has 1 aliphatic carbocycles. The summed E-state index contributed by atoms with van der Waals surface area (Å²) in [5, 5.41) is 18.9. The van der Waals surface area contributed by atoms with Crippen LogP contribution in [0.25, 0.3) is 0 Å². The van der Waals surface area contributed by atoms with Gasteiger partial charge in [-0.15, -0.1) is 34.0 Å². The fourth-order valence-electron chi connectivity index (χ4n) is 1.53. The SMILES string of the molecule is Br.Br.C1=C2SNN=C2c2n[nH]nc2C1.c1ccsc1. The van der Waals surface area contributed by atoms with Crippen molar-refractivity contribution < 1.29 is 0 Å². The van der Waals surface area contributed by atoms with Crippen LogP contribution in [-0.4, -0.2) is 21.1 Å². The molecule has 2 N–H and O–H groups in total. The second-order valence-electron chi connectivity index (χ2n) is 3.34. The number of thiophene rings is 1. The number of aromatic nitrogens is 3. The van der Waals surface area contributed by atoms with Gasteiger partial charge in [0.25, 0.3) is 0 Å². The lowest BCUT2D eigenvalue weighted by Crippen LogP contribution is -2.08. The van der Waals surface area contributed by atoms with Gasteiger partial charge in [-0.1, -0.05) is 18.2 Å². The first-order valence-corrected chi connectivity index (χ1v) is 6.78. The number of halogens is 2. The van der Waals surface area contributed by atoms with Crippen LogP contribution in [0.3, 0.4) is 0 Å². The van der Waals surface area contributed by atoms with Gasteiger partial charge in [-0.2, -0.15) is 31.8 Å². The third-order valence-electron chi connectivity index (χ3n) is 2.30. The van der Waals surface area contributed by atoms with E-state index in [1.807, 2.05) is 22.9 Å². The summed E-state index contributed by atoms with van der Waals surface area (Å²) >= 11 is 3.23. The lowest BCUT2D eigenvalue weighted by Gasteiger charge is -2.04. The van der Waals surface area contributed by atoms with Crippen LogP contribution in [0.5, 0.6) is 0 Å². The van der Waals surface area contributed by atoms with Gasteiger partial charge in [0.05, 0.1) is 10.6 Å². The zero-order valence-electron chi connectivity index (χ0n) is 9.57. The van der Waals surface area contributed by atoms with Crippen molar-refractivity contribution in [2.24, 2.45) is 5.10 Å². The first kappa shape index (κ1) is 16.4. The van der Waals surface area contributed by atoms with Crippen molar-refractivity contribution in [2.45, 2.75) is 6.42 Å². The molecule has 9 heteroatoms. The lowest BCUT2D eigenvalue weighted by molar-refractivity contribution is 0.919. The van der Waals surface area contributed by atoms with E-state index in [-0.39, 0.29) is 34.0 Å². The second kappa shape index (κ2) is 7.83. The minimum Gasteiger partial charge on any atom is -0.246 e. The summed E-state index contributed by atoms with van der Waals surface area (Å²) in [6, 6.07) is 4.04. The normalized spacial score (nSPS) is 14.1. The van der Waals surface area contributed by atoms with Gasteiger partial charge in [0, 0.05) is 18.4 Å². The molecular weight excluding hydrogens is 414 g/mol. The molecule has 2 aromatic heterocycles. The Hall–Kier alpha value is -0.640. The molecule has 0 atom stereocenters. The van der Waals surface area contributed by atoms with Gasteiger partial charge in [-0.25, -0.2) is 4.83 Å². The van der Waals surface area contributed by atoms with Crippen LogP contribution in [0.4, 0.5) is 0 Å². The predicted molar refractivity (Wildman–Crippen MR) is 90.4 cm³/mol. The van der Waals surface area contributed by atoms with Crippen molar-refractivity contribution >= 4 is 63.0 Å². The van der Waals surface area contributed by atoms with Gasteiger partial charge in [0.2, 0.25) is 0 Å². The average molecular weight is 425 g/mol. The third kappa shape index (κ3) is 3.68. The van der Waals surface area contributed by atoms with E-state index in [4.69, 9.17) is 0 Å². The number of nitrogens with one attached hydrogen (secondary N) is 2. The number of hydrogen-bond donors (Lipinski definition) is 2. The summed E-state index contributed by atoms with van der Waals surface area (Å²) < 4.78 is 0. The van der Waals surface area contributed by atoms with Crippen molar-refractivity contribution in [2.75, 3.05) is 0 Å². The number of hydrazone groups is 1. The molecule has 5 nitrogen and oxygen atoms in total. The van der Waals surface area contributed by atoms with Crippen LogP contribution >= 0.6 is 57.2 Å². The molecule has 0 saturated heterocycles. The Morgan fingerprint density at radius 1 is 1.11 bits per heavy atom. The molecule has 3 heterocycles. The summed E-state index contributed by atoms with van der Waals surface area (Å²) in [6.45, 7) is 0. The van der Waals surface area contributed by atoms with Gasteiger partial charge in [0.15, 0.2) is 0 Å². The van der Waals surface area contributed by atoms with Crippen LogP contribution in [0.2, 0.25) is 0 Å². The van der Waals surface area contributed by atoms with Crippen LogP contribution in [0.15, 0.2) is 39.0 Å². The maximum Gasteiger partial charge on any atom is 0.137 e. The molecule has 0 fully saturated rings. The Morgan fingerprint density at radius 3 is 2.58 bits per heavy atom. The molecular formula is C10H11Br2N5S2. The number of nitrogens with zero attached hydrogens (tertiary/aromatic N) is 3. The standard InChI is InChI=1S/C6H5N5S.C4H4S.2BrH/c1-2-4-6(9-11-12-4)5-3(1)7-10-8-5;1-2-4-5-3-1;;/h2,11H,1H2,(H,7,8,10);1-4H;2*1H. The third-order valence-corrected chi connectivity index (χ3v) is 3.69. The molecule has 2 aliphatic rings. The molecule has 0 saturated carbocycles. The summed E-state index contributed by atoms with van der Waals surface area (Å²) in [4.78, 5) is 4.00. The number of fused-ring (bicyclic) bond motifs is 3. The largest absolute Gasteiger partial charge is 0.246 e. The molecule has 102 valence electrons. The number of aromatic amines is 1. The van der Waals surface area contributed by atoms with E-state index >= 15 is 0 Å². The molecule has 0 radical (unpaired) electrons. The number of rotatable bonds is 0. The minimum absolute atomic E-state index is 0. The Labute approximate surface area is 139 Å². The van der Waals surface area contributed by atoms with Gasteiger partial charge >= 0.3 is 0 Å². The Morgan fingerprint density at radius 2 is 1.89 bits per heavy atom. The van der Waals surface area contributed by atoms with Gasteiger partial charge in [-0.05, 0) is 10.8 Å². The first-order chi connectivity index (χ1) is 8.45. The molecule has 0 bridgehead atoms. The number of H-pyrrole nitrogens is 1. The smallest absolute Gasteiger partial charge is 0.137 e. The van der Waals surface area contributed by atoms with E-state index in [0.717, 1.165) is 28.4 Å². The van der Waals surface area contributed by atoms with Gasteiger partial charge < -0.3 is 0 Å². The van der Waals surface area contributed by atoms with Gasteiger partial charge in [0.1, 0.15) is 11.4 Å². The zero-order chi connectivity index (χ0) is 11.5. The van der Waals surface area contributed by atoms with Crippen molar-refractivity contribution in [3.63, 3.8) is 0 Å². The second-order valence-corrected chi connectivity index (χ2v) is 4.98. The number of hydrogen-bond acceptors (Lipinski definition) is 6. The Kier molecular flexibility index (Phi) is 6.76. The quantitative estimate of drug-likeness (QED) is 0.637. The van der Waals surface area contributed by atoms with Crippen molar-refractivity contribution in [1.29, 1.82) is 0 Å². The fraction of sp³-hybridized carbons (Fsp3) is 0.100. The van der Waals surface area contributed by atoms with Crippen LogP contribution < -0.4 is 4.83 Å². The monoisotopic (exact) mass is 423 g/mol. The maximum atomic E-state index is 4.11.